The minimum Gasteiger partial charge on any atom is -0.361 e. The molecule has 3 heterocycles. The highest BCUT2D eigenvalue weighted by molar-refractivity contribution is 7.13. The van der Waals surface area contributed by atoms with Crippen molar-refractivity contribution in [2.45, 2.75) is 12.3 Å². The predicted octanol–water partition coefficient (Wildman–Crippen LogP) is 5.84. The van der Waals surface area contributed by atoms with Crippen molar-refractivity contribution >= 4 is 39.5 Å². The number of nitrogens with zero attached hydrogens (tertiary/aromatic N) is 1. The topological polar surface area (TPSA) is 57.8 Å². The third-order valence-corrected chi connectivity index (χ3v) is 7.23. The van der Waals surface area contributed by atoms with E-state index in [1.54, 1.807) is 22.7 Å². The van der Waals surface area contributed by atoms with Crippen LogP contribution in [0.15, 0.2) is 83.7 Å². The number of para-hydroxylation sites is 1. The standard InChI is InChI=1S/C25H21N3OS2/c29-24(13-18-16-31-25(28-18)17-7-2-1-3-8-17)27-15-21(23-11-6-12-30-23)20-14-26-22-10-5-4-9-19(20)22/h1-12,14,16,21,26H,13,15H2,(H,27,29)/t21-/m0/s1. The van der Waals surface area contributed by atoms with Crippen molar-refractivity contribution in [3.8, 4) is 10.6 Å². The van der Waals surface area contributed by atoms with Gasteiger partial charge < -0.3 is 10.3 Å². The van der Waals surface area contributed by atoms with E-state index in [0.29, 0.717) is 6.54 Å². The monoisotopic (exact) mass is 443 g/mol. The summed E-state index contributed by atoms with van der Waals surface area (Å²) in [7, 11) is 0. The van der Waals surface area contributed by atoms with Crippen LogP contribution in [0.3, 0.4) is 0 Å². The highest BCUT2D eigenvalue weighted by atomic mass is 32.1. The van der Waals surface area contributed by atoms with E-state index in [1.165, 1.54) is 15.8 Å². The van der Waals surface area contributed by atoms with Crippen LogP contribution in [-0.2, 0) is 11.2 Å². The summed E-state index contributed by atoms with van der Waals surface area (Å²) in [6, 6.07) is 22.5. The van der Waals surface area contributed by atoms with Crippen molar-refractivity contribution < 1.29 is 4.79 Å². The molecule has 0 aliphatic rings. The molecule has 2 N–H and O–H groups in total. The largest absolute Gasteiger partial charge is 0.361 e. The third kappa shape index (κ3) is 4.31. The lowest BCUT2D eigenvalue weighted by Crippen LogP contribution is -2.30. The Kier molecular flexibility index (Phi) is 5.65. The molecule has 5 aromatic rings. The number of hydrogen-bond donors (Lipinski definition) is 2. The molecular weight excluding hydrogens is 422 g/mol. The fourth-order valence-electron chi connectivity index (χ4n) is 3.78. The number of thiophene rings is 1. The number of thiazole rings is 1. The number of amides is 1. The van der Waals surface area contributed by atoms with E-state index in [9.17, 15) is 4.79 Å². The minimum absolute atomic E-state index is 0.00805. The zero-order valence-corrected chi connectivity index (χ0v) is 18.4. The number of nitrogens with one attached hydrogen (secondary N) is 2. The van der Waals surface area contributed by atoms with Crippen LogP contribution in [0, 0.1) is 0 Å². The zero-order chi connectivity index (χ0) is 21.0. The SMILES string of the molecule is O=C(Cc1csc(-c2ccccc2)n1)NC[C@H](c1cccs1)c1c[nH]c2ccccc12. The Labute approximate surface area is 188 Å². The first-order valence-electron chi connectivity index (χ1n) is 10.1. The first kappa shape index (κ1) is 19.7. The molecule has 4 nitrogen and oxygen atoms in total. The third-order valence-electron chi connectivity index (χ3n) is 5.30. The predicted molar refractivity (Wildman–Crippen MR) is 129 cm³/mol. The summed E-state index contributed by atoms with van der Waals surface area (Å²) < 4.78 is 0. The molecule has 0 aliphatic carbocycles. The van der Waals surface area contributed by atoms with Gasteiger partial charge in [-0.15, -0.1) is 22.7 Å². The van der Waals surface area contributed by atoms with Gasteiger partial charge in [0.15, 0.2) is 0 Å². The summed E-state index contributed by atoms with van der Waals surface area (Å²) in [5, 5.41) is 9.33. The fourth-order valence-corrected chi connectivity index (χ4v) is 5.45. The fraction of sp³-hybridized carbons (Fsp3) is 0.120. The van der Waals surface area contributed by atoms with Gasteiger partial charge in [0.05, 0.1) is 12.1 Å². The number of carbonyl (C=O) groups is 1. The molecule has 1 amide bonds. The van der Waals surface area contributed by atoms with Crippen molar-refractivity contribution in [1.29, 1.82) is 0 Å². The Morgan fingerprint density at radius 2 is 1.84 bits per heavy atom. The van der Waals surface area contributed by atoms with E-state index in [0.717, 1.165) is 21.8 Å². The molecule has 0 radical (unpaired) electrons. The summed E-state index contributed by atoms with van der Waals surface area (Å²) in [5.41, 5.74) is 4.21. The van der Waals surface area contributed by atoms with Crippen LogP contribution in [0.1, 0.15) is 22.1 Å². The van der Waals surface area contributed by atoms with Gasteiger partial charge >= 0.3 is 0 Å². The molecule has 0 bridgehead atoms. The van der Waals surface area contributed by atoms with Crippen LogP contribution in [0.4, 0.5) is 0 Å². The van der Waals surface area contributed by atoms with Crippen LogP contribution >= 0.6 is 22.7 Å². The quantitative estimate of drug-likeness (QED) is 0.332. The second-order valence-corrected chi connectivity index (χ2v) is 9.19. The molecule has 5 rings (SSSR count). The molecule has 0 fully saturated rings. The first-order valence-corrected chi connectivity index (χ1v) is 11.9. The molecule has 0 saturated carbocycles. The molecule has 1 atom stereocenters. The van der Waals surface area contributed by atoms with E-state index in [4.69, 9.17) is 0 Å². The Morgan fingerprint density at radius 3 is 2.68 bits per heavy atom. The molecule has 0 unspecified atom stereocenters. The number of aromatic amines is 1. The number of H-pyrrole nitrogens is 1. The normalized spacial score (nSPS) is 12.1. The summed E-state index contributed by atoms with van der Waals surface area (Å²) in [6.07, 6.45) is 2.35. The van der Waals surface area contributed by atoms with E-state index >= 15 is 0 Å². The lowest BCUT2D eigenvalue weighted by atomic mass is 9.96. The molecule has 3 aromatic heterocycles. The number of fused-ring (bicyclic) bond motifs is 1. The second-order valence-electron chi connectivity index (χ2n) is 7.35. The van der Waals surface area contributed by atoms with Gasteiger partial charge in [-0.25, -0.2) is 4.98 Å². The molecule has 154 valence electrons. The Hall–Kier alpha value is -3.22. The Morgan fingerprint density at radius 1 is 1.00 bits per heavy atom. The first-order chi connectivity index (χ1) is 15.3. The van der Waals surface area contributed by atoms with Gasteiger partial charge in [0.25, 0.3) is 0 Å². The molecule has 2 aromatic carbocycles. The highest BCUT2D eigenvalue weighted by Gasteiger charge is 2.20. The summed E-state index contributed by atoms with van der Waals surface area (Å²) in [6.45, 7) is 0.552. The maximum Gasteiger partial charge on any atom is 0.226 e. The molecule has 0 spiro atoms. The Bertz CT molecular complexity index is 1290. The molecule has 31 heavy (non-hydrogen) atoms. The number of benzene rings is 2. The number of hydrogen-bond acceptors (Lipinski definition) is 4. The van der Waals surface area contributed by atoms with E-state index in [-0.39, 0.29) is 18.2 Å². The number of aromatic nitrogens is 2. The summed E-state index contributed by atoms with van der Waals surface area (Å²) >= 11 is 3.29. The van der Waals surface area contributed by atoms with Gasteiger partial charge in [-0.2, -0.15) is 0 Å². The van der Waals surface area contributed by atoms with E-state index < -0.39 is 0 Å². The van der Waals surface area contributed by atoms with Gasteiger partial charge in [-0.05, 0) is 23.1 Å². The molecule has 0 aliphatic heterocycles. The maximum absolute atomic E-state index is 12.7. The summed E-state index contributed by atoms with van der Waals surface area (Å²) in [4.78, 5) is 22.0. The summed E-state index contributed by atoms with van der Waals surface area (Å²) in [5.74, 6) is 0.0988. The average Bonchev–Trinajstić information content (AvgIpc) is 3.56. The van der Waals surface area contributed by atoms with Crippen LogP contribution in [0.25, 0.3) is 21.5 Å². The smallest absolute Gasteiger partial charge is 0.226 e. The Balaban J connectivity index is 1.30. The van der Waals surface area contributed by atoms with Crippen molar-refractivity contribution in [2.24, 2.45) is 0 Å². The molecule has 6 heteroatoms. The number of rotatable bonds is 7. The van der Waals surface area contributed by atoms with Gasteiger partial charge in [0.1, 0.15) is 5.01 Å². The number of carbonyl (C=O) groups excluding carboxylic acids is 1. The van der Waals surface area contributed by atoms with Crippen LogP contribution in [0.2, 0.25) is 0 Å². The van der Waals surface area contributed by atoms with Crippen molar-refractivity contribution in [3.63, 3.8) is 0 Å². The van der Waals surface area contributed by atoms with Crippen molar-refractivity contribution in [1.82, 2.24) is 15.3 Å². The van der Waals surface area contributed by atoms with Crippen molar-refractivity contribution in [3.05, 3.63) is 99.8 Å². The zero-order valence-electron chi connectivity index (χ0n) is 16.7. The highest BCUT2D eigenvalue weighted by Crippen LogP contribution is 2.33. The average molecular weight is 444 g/mol. The van der Waals surface area contributed by atoms with Crippen LogP contribution in [-0.4, -0.2) is 22.4 Å². The van der Waals surface area contributed by atoms with Gasteiger partial charge in [-0.3, -0.25) is 4.79 Å². The maximum atomic E-state index is 12.7. The minimum atomic E-state index is -0.00805. The van der Waals surface area contributed by atoms with E-state index in [1.807, 2.05) is 41.8 Å². The molecular formula is C25H21N3OS2. The van der Waals surface area contributed by atoms with Crippen molar-refractivity contribution in [2.75, 3.05) is 6.54 Å². The second kappa shape index (κ2) is 8.88. The lowest BCUT2D eigenvalue weighted by Gasteiger charge is -2.16. The van der Waals surface area contributed by atoms with Crippen LogP contribution in [0.5, 0.6) is 0 Å². The van der Waals surface area contributed by atoms with Crippen LogP contribution < -0.4 is 5.32 Å². The van der Waals surface area contributed by atoms with Gasteiger partial charge in [0.2, 0.25) is 5.91 Å². The van der Waals surface area contributed by atoms with E-state index in [2.05, 4.69) is 57.2 Å². The lowest BCUT2D eigenvalue weighted by molar-refractivity contribution is -0.120. The molecule has 0 saturated heterocycles. The van der Waals surface area contributed by atoms with Gasteiger partial charge in [0, 0.05) is 45.4 Å². The van der Waals surface area contributed by atoms with Gasteiger partial charge in [-0.1, -0.05) is 54.6 Å².